The summed E-state index contributed by atoms with van der Waals surface area (Å²) in [4.78, 5) is 19.0. The zero-order chi connectivity index (χ0) is 15.8. The van der Waals surface area contributed by atoms with Crippen molar-refractivity contribution in [2.45, 2.75) is 50.2 Å². The number of aromatic nitrogens is 3. The second-order valence-corrected chi connectivity index (χ2v) is 6.86. The van der Waals surface area contributed by atoms with Crippen LogP contribution in [0.3, 0.4) is 0 Å². The summed E-state index contributed by atoms with van der Waals surface area (Å²) in [7, 11) is 0. The van der Waals surface area contributed by atoms with Crippen molar-refractivity contribution in [1.29, 1.82) is 0 Å². The van der Waals surface area contributed by atoms with Crippen molar-refractivity contribution in [3.63, 3.8) is 0 Å². The first-order valence-corrected chi connectivity index (χ1v) is 8.49. The Hall–Kier alpha value is -1.88. The van der Waals surface area contributed by atoms with E-state index in [1.54, 1.807) is 12.7 Å². The van der Waals surface area contributed by atoms with E-state index >= 15 is 0 Å². The van der Waals surface area contributed by atoms with Crippen LogP contribution in [-0.4, -0.2) is 37.7 Å². The molecule has 0 radical (unpaired) electrons. The van der Waals surface area contributed by atoms with E-state index in [2.05, 4.69) is 15.0 Å². The van der Waals surface area contributed by atoms with Crippen LogP contribution in [0.15, 0.2) is 36.9 Å². The fourth-order valence-corrected chi connectivity index (χ4v) is 4.28. The van der Waals surface area contributed by atoms with Crippen LogP contribution in [0.4, 0.5) is 0 Å². The fraction of sp³-hybridized carbons (Fsp3) is 0.471. The molecule has 2 saturated heterocycles. The maximum Gasteiger partial charge on any atom is 0.227 e. The quantitative estimate of drug-likeness (QED) is 0.869. The number of piperidine rings is 1. The summed E-state index contributed by atoms with van der Waals surface area (Å²) >= 11 is 6.20. The number of hydrogen-bond acceptors (Lipinski definition) is 3. The minimum absolute atomic E-state index is 0.197. The molecule has 1 aromatic heterocycles. The monoisotopic (exact) mass is 330 g/mol. The topological polar surface area (TPSA) is 51.0 Å². The molecular formula is C17H19ClN4O. The lowest BCUT2D eigenvalue weighted by molar-refractivity contribution is -0.135. The third kappa shape index (κ3) is 2.74. The zero-order valence-electron chi connectivity index (χ0n) is 12.8. The normalized spacial score (nSPS) is 26.5. The molecule has 1 aromatic carbocycles. The van der Waals surface area contributed by atoms with Crippen molar-refractivity contribution in [1.82, 2.24) is 19.7 Å². The number of benzene rings is 1. The van der Waals surface area contributed by atoms with Gasteiger partial charge in [0.1, 0.15) is 12.7 Å². The number of carbonyl (C=O) groups excluding carboxylic acids is 1. The molecule has 120 valence electrons. The number of rotatable bonds is 3. The lowest BCUT2D eigenvalue weighted by Gasteiger charge is -2.39. The fourth-order valence-electron chi connectivity index (χ4n) is 4.07. The van der Waals surface area contributed by atoms with Gasteiger partial charge in [-0.25, -0.2) is 9.67 Å². The molecule has 2 unspecified atom stereocenters. The number of carbonyl (C=O) groups is 1. The molecule has 1 amide bonds. The predicted octanol–water partition coefficient (Wildman–Crippen LogP) is 2.87. The second-order valence-electron chi connectivity index (χ2n) is 6.45. The van der Waals surface area contributed by atoms with E-state index in [4.69, 9.17) is 11.6 Å². The van der Waals surface area contributed by atoms with Gasteiger partial charge < -0.3 is 4.90 Å². The van der Waals surface area contributed by atoms with Gasteiger partial charge >= 0.3 is 0 Å². The van der Waals surface area contributed by atoms with Crippen molar-refractivity contribution in [3.05, 3.63) is 47.5 Å². The first kappa shape index (κ1) is 14.7. The summed E-state index contributed by atoms with van der Waals surface area (Å²) in [5, 5.41) is 4.94. The Labute approximate surface area is 140 Å². The molecule has 2 fully saturated rings. The Morgan fingerprint density at radius 1 is 1.17 bits per heavy atom. The molecule has 0 spiro atoms. The van der Waals surface area contributed by atoms with Crippen molar-refractivity contribution >= 4 is 17.5 Å². The number of hydrogen-bond donors (Lipinski definition) is 0. The third-order valence-electron chi connectivity index (χ3n) is 5.11. The highest BCUT2D eigenvalue weighted by atomic mass is 35.5. The molecule has 0 aliphatic carbocycles. The molecule has 0 saturated carbocycles. The molecule has 4 rings (SSSR count). The zero-order valence-corrected chi connectivity index (χ0v) is 13.6. The number of fused-ring (bicyclic) bond motifs is 2. The van der Waals surface area contributed by atoms with Crippen molar-refractivity contribution in [2.24, 2.45) is 0 Å². The molecule has 23 heavy (non-hydrogen) atoms. The smallest absolute Gasteiger partial charge is 0.227 e. The van der Waals surface area contributed by atoms with Crippen molar-refractivity contribution in [3.8, 4) is 0 Å². The van der Waals surface area contributed by atoms with E-state index in [0.717, 1.165) is 31.2 Å². The van der Waals surface area contributed by atoms with Crippen molar-refractivity contribution in [2.75, 3.05) is 0 Å². The Bertz CT molecular complexity index is 688. The van der Waals surface area contributed by atoms with Crippen LogP contribution in [0.25, 0.3) is 0 Å². The van der Waals surface area contributed by atoms with Gasteiger partial charge in [-0.1, -0.05) is 29.8 Å². The molecule has 2 aliphatic heterocycles. The molecule has 5 nitrogen and oxygen atoms in total. The largest absolute Gasteiger partial charge is 0.336 e. The first-order valence-electron chi connectivity index (χ1n) is 8.11. The number of halogens is 1. The van der Waals surface area contributed by atoms with E-state index in [1.807, 2.05) is 28.9 Å². The van der Waals surface area contributed by atoms with Crippen LogP contribution in [0.2, 0.25) is 5.02 Å². The van der Waals surface area contributed by atoms with Gasteiger partial charge in [-0.15, -0.1) is 0 Å². The van der Waals surface area contributed by atoms with E-state index in [1.165, 1.54) is 0 Å². The summed E-state index contributed by atoms with van der Waals surface area (Å²) in [6, 6.07) is 8.60. The average Bonchev–Trinajstić information content (AvgIpc) is 3.16. The molecule has 6 heteroatoms. The molecular weight excluding hydrogens is 312 g/mol. The lowest BCUT2D eigenvalue weighted by Crippen LogP contribution is -2.47. The number of nitrogens with zero attached hydrogens (tertiary/aromatic N) is 4. The summed E-state index contributed by atoms with van der Waals surface area (Å²) in [5.74, 6) is 0.197. The molecule has 2 aliphatic rings. The van der Waals surface area contributed by atoms with Crippen molar-refractivity contribution < 1.29 is 4.79 Å². The Kier molecular flexibility index (Phi) is 3.81. The summed E-state index contributed by atoms with van der Waals surface area (Å²) in [5.41, 5.74) is 0.914. The van der Waals surface area contributed by atoms with E-state index in [9.17, 15) is 4.79 Å². The summed E-state index contributed by atoms with van der Waals surface area (Å²) in [6.07, 6.45) is 7.86. The van der Waals surface area contributed by atoms with Gasteiger partial charge in [-0.05, 0) is 37.3 Å². The van der Waals surface area contributed by atoms with E-state index < -0.39 is 0 Å². The second kappa shape index (κ2) is 5.96. The third-order valence-corrected chi connectivity index (χ3v) is 5.48. The van der Waals surface area contributed by atoms with Crippen LogP contribution < -0.4 is 0 Å². The molecule has 2 aromatic rings. The highest BCUT2D eigenvalue weighted by Crippen LogP contribution is 2.40. The Morgan fingerprint density at radius 2 is 1.91 bits per heavy atom. The van der Waals surface area contributed by atoms with Crippen LogP contribution in [-0.2, 0) is 11.2 Å². The lowest BCUT2D eigenvalue weighted by atomic mass is 9.96. The molecule has 0 N–H and O–H groups in total. The van der Waals surface area contributed by atoms with Crippen LogP contribution in [0.5, 0.6) is 0 Å². The van der Waals surface area contributed by atoms with Crippen LogP contribution in [0.1, 0.15) is 37.3 Å². The molecule has 2 atom stereocenters. The van der Waals surface area contributed by atoms with E-state index in [-0.39, 0.29) is 5.91 Å². The van der Waals surface area contributed by atoms with Gasteiger partial charge in [0.2, 0.25) is 5.91 Å². The maximum atomic E-state index is 12.8. The standard InChI is InChI=1S/C17H19ClN4O/c18-16-4-2-1-3-12(16)7-17(23)22-13-5-6-14(22)9-15(8-13)21-11-19-10-20-21/h1-4,10-11,13-15H,5-9H2. The SMILES string of the molecule is O=C(Cc1ccccc1Cl)N1C2CCC1CC(n1cncn1)C2. The van der Waals surface area contributed by atoms with E-state index in [0.29, 0.717) is 29.6 Å². The van der Waals surface area contributed by atoms with Gasteiger partial charge in [0.05, 0.1) is 12.5 Å². The minimum atomic E-state index is 0.197. The molecule has 3 heterocycles. The Morgan fingerprint density at radius 3 is 2.57 bits per heavy atom. The summed E-state index contributed by atoms with van der Waals surface area (Å²) in [6.45, 7) is 0. The highest BCUT2D eigenvalue weighted by molar-refractivity contribution is 6.31. The van der Waals surface area contributed by atoms with Gasteiger partial charge in [-0.3, -0.25) is 4.79 Å². The molecule has 2 bridgehead atoms. The minimum Gasteiger partial charge on any atom is -0.336 e. The van der Waals surface area contributed by atoms with Gasteiger partial charge in [0.15, 0.2) is 0 Å². The van der Waals surface area contributed by atoms with Gasteiger partial charge in [-0.2, -0.15) is 5.10 Å². The van der Waals surface area contributed by atoms with Crippen LogP contribution >= 0.6 is 11.6 Å². The predicted molar refractivity (Wildman–Crippen MR) is 87.1 cm³/mol. The maximum absolute atomic E-state index is 12.8. The first-order chi connectivity index (χ1) is 11.2. The van der Waals surface area contributed by atoms with Gasteiger partial charge in [0.25, 0.3) is 0 Å². The van der Waals surface area contributed by atoms with Gasteiger partial charge in [0, 0.05) is 17.1 Å². The average molecular weight is 331 g/mol. The number of amides is 1. The van der Waals surface area contributed by atoms with Crippen LogP contribution in [0, 0.1) is 0 Å². The highest BCUT2D eigenvalue weighted by Gasteiger charge is 2.43. The Balaban J connectivity index is 1.48. The summed E-state index contributed by atoms with van der Waals surface area (Å²) < 4.78 is 1.95.